The third kappa shape index (κ3) is 4.70. The monoisotopic (exact) mass is 247 g/mol. The minimum absolute atomic E-state index is 0.206. The first-order chi connectivity index (χ1) is 7.90. The highest BCUT2D eigenvalue weighted by molar-refractivity contribution is 5.96. The topological polar surface area (TPSA) is 73.9 Å². The summed E-state index contributed by atoms with van der Waals surface area (Å²) in [6.07, 6.45) is 0. The fourth-order valence-electron chi connectivity index (χ4n) is 1.46. The Kier molecular flexibility index (Phi) is 6.75. The van der Waals surface area contributed by atoms with E-state index in [1.165, 1.54) is 7.11 Å². The van der Waals surface area contributed by atoms with Gasteiger partial charge in [-0.2, -0.15) is 5.48 Å². The smallest absolute Gasteiger partial charge is 0.322 e. The Bertz CT molecular complexity index is 247. The van der Waals surface area contributed by atoms with Crippen molar-refractivity contribution >= 4 is 11.9 Å². The summed E-state index contributed by atoms with van der Waals surface area (Å²) >= 11 is 0. The van der Waals surface area contributed by atoms with Gasteiger partial charge in [0.1, 0.15) is 0 Å². The molecule has 0 atom stereocenters. The van der Waals surface area contributed by atoms with E-state index in [9.17, 15) is 9.59 Å². The van der Waals surface area contributed by atoms with Crippen LogP contribution in [0.15, 0.2) is 0 Å². The molecule has 100 valence electrons. The molecule has 0 saturated carbocycles. The maximum Gasteiger partial charge on any atom is 0.322 e. The summed E-state index contributed by atoms with van der Waals surface area (Å²) in [6, 6.07) is 0. The molecule has 0 aliphatic heterocycles. The van der Waals surface area contributed by atoms with E-state index in [0.29, 0.717) is 0 Å². The van der Waals surface area contributed by atoms with Crippen molar-refractivity contribution in [1.82, 2.24) is 5.48 Å². The average Bonchev–Trinajstić information content (AvgIpc) is 2.17. The zero-order valence-electron chi connectivity index (χ0n) is 11.0. The second-order valence-corrected chi connectivity index (χ2v) is 3.96. The highest BCUT2D eigenvalue weighted by Crippen LogP contribution is 2.20. The standard InChI is InChI=1S/C11H21NO5/c1-6-16-9(13)8(10(14)17-7-2)11(3,4)12-15-5/h8,12H,6-7H2,1-5H3. The SMILES string of the molecule is CCOC(=O)C(C(=O)OCC)C(C)(C)NOC. The summed E-state index contributed by atoms with van der Waals surface area (Å²) in [6.45, 7) is 7.09. The molecule has 1 N–H and O–H groups in total. The molecule has 0 heterocycles. The van der Waals surface area contributed by atoms with Gasteiger partial charge in [-0.05, 0) is 27.7 Å². The number of carbonyl (C=O) groups excluding carboxylic acids is 2. The number of hydrogen-bond acceptors (Lipinski definition) is 6. The van der Waals surface area contributed by atoms with Crippen LogP contribution in [-0.4, -0.2) is 37.8 Å². The molecule has 0 rings (SSSR count). The Balaban J connectivity index is 4.95. The van der Waals surface area contributed by atoms with Crippen LogP contribution >= 0.6 is 0 Å². The largest absolute Gasteiger partial charge is 0.465 e. The first-order valence-corrected chi connectivity index (χ1v) is 5.54. The molecule has 0 aromatic heterocycles. The van der Waals surface area contributed by atoms with Gasteiger partial charge in [0.2, 0.25) is 0 Å². The minimum atomic E-state index is -1.07. The molecule has 0 bridgehead atoms. The molecule has 0 aliphatic rings. The predicted octanol–water partition coefficient (Wildman–Crippen LogP) is 0.658. The van der Waals surface area contributed by atoms with Crippen LogP contribution < -0.4 is 5.48 Å². The third-order valence-corrected chi connectivity index (χ3v) is 2.13. The normalized spacial score (nSPS) is 11.4. The van der Waals surface area contributed by atoms with Gasteiger partial charge in [0.05, 0.1) is 25.9 Å². The lowest BCUT2D eigenvalue weighted by Crippen LogP contribution is -2.53. The molecule has 0 unspecified atom stereocenters. The van der Waals surface area contributed by atoms with Crippen molar-refractivity contribution in [3.63, 3.8) is 0 Å². The van der Waals surface area contributed by atoms with Crippen molar-refractivity contribution in [2.75, 3.05) is 20.3 Å². The molecule has 6 heteroatoms. The molecular weight excluding hydrogens is 226 g/mol. The Labute approximate surface area is 102 Å². The fourth-order valence-corrected chi connectivity index (χ4v) is 1.46. The number of rotatable bonds is 7. The first-order valence-electron chi connectivity index (χ1n) is 5.54. The lowest BCUT2D eigenvalue weighted by molar-refractivity contribution is -0.168. The van der Waals surface area contributed by atoms with E-state index in [0.717, 1.165) is 0 Å². The van der Waals surface area contributed by atoms with E-state index >= 15 is 0 Å². The second-order valence-electron chi connectivity index (χ2n) is 3.96. The summed E-state index contributed by atoms with van der Waals surface area (Å²) in [5.41, 5.74) is 1.69. The Morgan fingerprint density at radius 2 is 1.53 bits per heavy atom. The zero-order chi connectivity index (χ0) is 13.5. The Morgan fingerprint density at radius 1 is 1.12 bits per heavy atom. The van der Waals surface area contributed by atoms with Crippen molar-refractivity contribution in [3.8, 4) is 0 Å². The molecule has 0 aromatic carbocycles. The van der Waals surface area contributed by atoms with Crippen molar-refractivity contribution in [2.45, 2.75) is 33.2 Å². The molecule has 0 aromatic rings. The van der Waals surface area contributed by atoms with E-state index in [4.69, 9.17) is 14.3 Å². The van der Waals surface area contributed by atoms with Crippen LogP contribution in [0, 0.1) is 5.92 Å². The maximum atomic E-state index is 11.8. The van der Waals surface area contributed by atoms with Crippen LogP contribution in [-0.2, 0) is 23.9 Å². The quantitative estimate of drug-likeness (QED) is 0.405. The third-order valence-electron chi connectivity index (χ3n) is 2.13. The molecule has 0 radical (unpaired) electrons. The zero-order valence-corrected chi connectivity index (χ0v) is 11.0. The number of hydrogen-bond donors (Lipinski definition) is 1. The van der Waals surface area contributed by atoms with E-state index in [-0.39, 0.29) is 13.2 Å². The van der Waals surface area contributed by atoms with Gasteiger partial charge in [0, 0.05) is 0 Å². The lowest BCUT2D eigenvalue weighted by Gasteiger charge is -2.30. The molecule has 17 heavy (non-hydrogen) atoms. The van der Waals surface area contributed by atoms with Crippen molar-refractivity contribution in [2.24, 2.45) is 5.92 Å². The molecule has 0 spiro atoms. The number of hydroxylamine groups is 1. The van der Waals surface area contributed by atoms with Crippen LogP contribution in [0.25, 0.3) is 0 Å². The highest BCUT2D eigenvalue weighted by Gasteiger charge is 2.43. The average molecular weight is 247 g/mol. The van der Waals surface area contributed by atoms with Gasteiger partial charge in [0.25, 0.3) is 0 Å². The van der Waals surface area contributed by atoms with Crippen LogP contribution in [0.5, 0.6) is 0 Å². The van der Waals surface area contributed by atoms with Crippen molar-refractivity contribution < 1.29 is 23.9 Å². The van der Waals surface area contributed by atoms with Crippen LogP contribution in [0.2, 0.25) is 0 Å². The van der Waals surface area contributed by atoms with Gasteiger partial charge in [0.15, 0.2) is 5.92 Å². The Hall–Kier alpha value is -1.14. The molecule has 0 aliphatic carbocycles. The summed E-state index contributed by atoms with van der Waals surface area (Å²) in [5, 5.41) is 0. The molecule has 6 nitrogen and oxygen atoms in total. The van der Waals surface area contributed by atoms with E-state index < -0.39 is 23.4 Å². The summed E-state index contributed by atoms with van der Waals surface area (Å²) in [5.74, 6) is -2.32. The number of esters is 2. The predicted molar refractivity (Wildman–Crippen MR) is 61.0 cm³/mol. The van der Waals surface area contributed by atoms with Crippen molar-refractivity contribution in [1.29, 1.82) is 0 Å². The number of carbonyl (C=O) groups is 2. The van der Waals surface area contributed by atoms with Gasteiger partial charge in [-0.15, -0.1) is 0 Å². The van der Waals surface area contributed by atoms with Crippen LogP contribution in [0.3, 0.4) is 0 Å². The molecular formula is C11H21NO5. The maximum absolute atomic E-state index is 11.8. The number of nitrogens with one attached hydrogen (secondary N) is 1. The highest BCUT2D eigenvalue weighted by atomic mass is 16.6. The van der Waals surface area contributed by atoms with Crippen LogP contribution in [0.4, 0.5) is 0 Å². The molecule has 0 fully saturated rings. The summed E-state index contributed by atoms with van der Waals surface area (Å²) in [4.78, 5) is 28.3. The summed E-state index contributed by atoms with van der Waals surface area (Å²) in [7, 11) is 1.41. The summed E-state index contributed by atoms with van der Waals surface area (Å²) < 4.78 is 9.74. The number of ether oxygens (including phenoxy) is 2. The van der Waals surface area contributed by atoms with E-state index in [1.807, 2.05) is 0 Å². The van der Waals surface area contributed by atoms with Crippen LogP contribution in [0.1, 0.15) is 27.7 Å². The van der Waals surface area contributed by atoms with E-state index in [1.54, 1.807) is 27.7 Å². The van der Waals surface area contributed by atoms with Gasteiger partial charge in [-0.1, -0.05) is 0 Å². The van der Waals surface area contributed by atoms with E-state index in [2.05, 4.69) is 5.48 Å². The molecule has 0 saturated heterocycles. The van der Waals surface area contributed by atoms with Gasteiger partial charge >= 0.3 is 11.9 Å². The van der Waals surface area contributed by atoms with Crippen molar-refractivity contribution in [3.05, 3.63) is 0 Å². The van der Waals surface area contributed by atoms with Gasteiger partial charge in [-0.3, -0.25) is 9.59 Å². The first kappa shape index (κ1) is 15.9. The van der Waals surface area contributed by atoms with Gasteiger partial charge in [-0.25, -0.2) is 0 Å². The minimum Gasteiger partial charge on any atom is -0.465 e. The fraction of sp³-hybridized carbons (Fsp3) is 0.818. The van der Waals surface area contributed by atoms with Gasteiger partial charge < -0.3 is 14.3 Å². The molecule has 0 amide bonds. The lowest BCUT2D eigenvalue weighted by atomic mass is 9.88. The Morgan fingerprint density at radius 3 is 1.82 bits per heavy atom. The second kappa shape index (κ2) is 7.24.